The number of halogens is 2. The molecule has 2 N–H and O–H groups in total. The Morgan fingerprint density at radius 1 is 1.00 bits per heavy atom. The molecule has 20 heavy (non-hydrogen) atoms. The van der Waals surface area contributed by atoms with Gasteiger partial charge < -0.3 is 10.3 Å². The van der Waals surface area contributed by atoms with E-state index in [4.69, 9.17) is 10.3 Å². The van der Waals surface area contributed by atoms with Gasteiger partial charge in [0.15, 0.2) is 0 Å². The number of rotatable bonds is 2. The van der Waals surface area contributed by atoms with Crippen molar-refractivity contribution in [3.05, 3.63) is 57.5 Å². The van der Waals surface area contributed by atoms with E-state index in [0.717, 1.165) is 31.3 Å². The summed E-state index contributed by atoms with van der Waals surface area (Å²) >= 11 is 7.00. The fourth-order valence-electron chi connectivity index (χ4n) is 2.06. The number of aromatic nitrogens is 1. The molecule has 3 rings (SSSR count). The molecule has 100 valence electrons. The molecule has 0 saturated carbocycles. The molecule has 3 aromatic rings. The lowest BCUT2D eigenvalue weighted by molar-refractivity contribution is 0.439. The Morgan fingerprint density at radius 2 is 1.80 bits per heavy atom. The molecule has 3 nitrogen and oxygen atoms in total. The molecular formula is C15H10Br2N2O. The molecule has 0 saturated heterocycles. The first-order valence-corrected chi connectivity index (χ1v) is 7.51. The molecule has 0 bridgehead atoms. The number of nitrogen functional groups attached to an aromatic ring is 1. The van der Waals surface area contributed by atoms with E-state index in [9.17, 15) is 0 Å². The predicted molar refractivity (Wildman–Crippen MR) is 87.2 cm³/mol. The van der Waals surface area contributed by atoms with Gasteiger partial charge in [-0.15, -0.1) is 0 Å². The molecule has 2 aromatic carbocycles. The number of hydrogen-bond acceptors (Lipinski definition) is 3. The zero-order chi connectivity index (χ0) is 14.1. The van der Waals surface area contributed by atoms with Crippen molar-refractivity contribution < 1.29 is 4.52 Å². The quantitative estimate of drug-likeness (QED) is 0.657. The normalized spacial score (nSPS) is 10.7. The van der Waals surface area contributed by atoms with Crippen molar-refractivity contribution in [3.8, 4) is 22.4 Å². The van der Waals surface area contributed by atoms with Crippen LogP contribution in [0.15, 0.2) is 62.0 Å². The molecule has 0 fully saturated rings. The first kappa shape index (κ1) is 13.4. The molecule has 0 spiro atoms. The largest absolute Gasteiger partial charge is 0.367 e. The molecule has 1 aromatic heterocycles. The van der Waals surface area contributed by atoms with Crippen molar-refractivity contribution in [1.29, 1.82) is 0 Å². The van der Waals surface area contributed by atoms with E-state index in [2.05, 4.69) is 37.0 Å². The molecule has 1 heterocycles. The third-order valence-corrected chi connectivity index (χ3v) is 4.14. The zero-order valence-corrected chi connectivity index (χ0v) is 13.5. The lowest BCUT2D eigenvalue weighted by Gasteiger charge is -2.05. The van der Waals surface area contributed by atoms with Crippen LogP contribution in [0, 0.1) is 0 Å². The Hall–Kier alpha value is -1.59. The van der Waals surface area contributed by atoms with Crippen LogP contribution in [0.2, 0.25) is 0 Å². The predicted octanol–water partition coefficient (Wildman–Crippen LogP) is 5.12. The third kappa shape index (κ3) is 2.39. The van der Waals surface area contributed by atoms with E-state index in [0.29, 0.717) is 5.88 Å². The van der Waals surface area contributed by atoms with Gasteiger partial charge in [-0.3, -0.25) is 0 Å². The second-order valence-corrected chi connectivity index (χ2v) is 6.03. The highest BCUT2D eigenvalue weighted by molar-refractivity contribution is 9.10. The number of benzene rings is 2. The molecule has 0 radical (unpaired) electrons. The van der Waals surface area contributed by atoms with Crippen molar-refractivity contribution in [2.45, 2.75) is 0 Å². The van der Waals surface area contributed by atoms with Crippen molar-refractivity contribution in [2.75, 3.05) is 5.73 Å². The average molecular weight is 394 g/mol. The van der Waals surface area contributed by atoms with E-state index >= 15 is 0 Å². The minimum absolute atomic E-state index is 0.312. The average Bonchev–Trinajstić information content (AvgIpc) is 2.81. The van der Waals surface area contributed by atoms with Crippen molar-refractivity contribution in [3.63, 3.8) is 0 Å². The first-order chi connectivity index (χ1) is 9.66. The summed E-state index contributed by atoms with van der Waals surface area (Å²) in [5.41, 5.74) is 9.40. The Labute approximate surface area is 133 Å². The van der Waals surface area contributed by atoms with Gasteiger partial charge >= 0.3 is 0 Å². The van der Waals surface area contributed by atoms with Gasteiger partial charge in [0.25, 0.3) is 0 Å². The fourth-order valence-corrected chi connectivity index (χ4v) is 2.94. The third-order valence-electron chi connectivity index (χ3n) is 2.96. The van der Waals surface area contributed by atoms with E-state index in [-0.39, 0.29) is 0 Å². The molecular weight excluding hydrogens is 384 g/mol. The minimum Gasteiger partial charge on any atom is -0.367 e. The van der Waals surface area contributed by atoms with Gasteiger partial charge in [-0.25, -0.2) is 0 Å². The summed E-state index contributed by atoms with van der Waals surface area (Å²) in [6.07, 6.45) is 0. The fraction of sp³-hybridized carbons (Fsp3) is 0. The van der Waals surface area contributed by atoms with Crippen LogP contribution in [0.5, 0.6) is 0 Å². The first-order valence-electron chi connectivity index (χ1n) is 5.93. The van der Waals surface area contributed by atoms with Crippen LogP contribution in [0.3, 0.4) is 0 Å². The molecule has 0 unspecified atom stereocenters. The highest BCUT2D eigenvalue weighted by atomic mass is 79.9. The van der Waals surface area contributed by atoms with Gasteiger partial charge in [0.1, 0.15) is 5.69 Å². The highest BCUT2D eigenvalue weighted by Crippen LogP contribution is 2.39. The van der Waals surface area contributed by atoms with E-state index in [1.165, 1.54) is 0 Å². The Balaban J connectivity index is 2.23. The second kappa shape index (κ2) is 5.42. The standard InChI is InChI=1S/C15H10Br2N2O/c16-10-5-3-4-9(8-10)14-13(15(18)20-19-14)11-6-1-2-7-12(11)17/h1-8H,18H2. The topological polar surface area (TPSA) is 52.0 Å². The maximum absolute atomic E-state index is 5.96. The van der Waals surface area contributed by atoms with Gasteiger partial charge in [-0.05, 0) is 18.2 Å². The van der Waals surface area contributed by atoms with Gasteiger partial charge in [-0.2, -0.15) is 0 Å². The summed E-state index contributed by atoms with van der Waals surface area (Å²) in [7, 11) is 0. The van der Waals surface area contributed by atoms with Crippen molar-refractivity contribution in [2.24, 2.45) is 0 Å². The highest BCUT2D eigenvalue weighted by Gasteiger charge is 2.19. The summed E-state index contributed by atoms with van der Waals surface area (Å²) in [5, 5.41) is 4.10. The SMILES string of the molecule is Nc1onc(-c2cccc(Br)c2)c1-c1ccccc1Br. The smallest absolute Gasteiger partial charge is 0.230 e. The van der Waals surface area contributed by atoms with Crippen LogP contribution < -0.4 is 5.73 Å². The number of anilines is 1. The summed E-state index contributed by atoms with van der Waals surface area (Å²) in [4.78, 5) is 0. The second-order valence-electron chi connectivity index (χ2n) is 4.26. The summed E-state index contributed by atoms with van der Waals surface area (Å²) in [5.74, 6) is 0.312. The maximum atomic E-state index is 5.96. The Kier molecular flexibility index (Phi) is 3.63. The molecule has 0 aliphatic heterocycles. The molecule has 0 atom stereocenters. The van der Waals surface area contributed by atoms with Crippen LogP contribution in [0.1, 0.15) is 0 Å². The summed E-state index contributed by atoms with van der Waals surface area (Å²) in [6.45, 7) is 0. The summed E-state index contributed by atoms with van der Waals surface area (Å²) < 4.78 is 7.12. The van der Waals surface area contributed by atoms with E-state index in [1.54, 1.807) is 0 Å². The van der Waals surface area contributed by atoms with E-state index in [1.807, 2.05) is 48.5 Å². The number of hydrogen-bond donors (Lipinski definition) is 1. The lowest BCUT2D eigenvalue weighted by Crippen LogP contribution is -1.88. The maximum Gasteiger partial charge on any atom is 0.230 e. The number of nitrogens with two attached hydrogens (primary N) is 1. The van der Waals surface area contributed by atoms with Crippen LogP contribution in [-0.4, -0.2) is 5.16 Å². The zero-order valence-electron chi connectivity index (χ0n) is 10.3. The number of nitrogens with zero attached hydrogens (tertiary/aromatic N) is 1. The lowest BCUT2D eigenvalue weighted by atomic mass is 10.0. The van der Waals surface area contributed by atoms with Gasteiger partial charge in [0.05, 0.1) is 5.56 Å². The monoisotopic (exact) mass is 392 g/mol. The van der Waals surface area contributed by atoms with Crippen molar-refractivity contribution in [1.82, 2.24) is 5.16 Å². The van der Waals surface area contributed by atoms with Gasteiger partial charge in [0.2, 0.25) is 5.88 Å². The molecule has 5 heteroatoms. The van der Waals surface area contributed by atoms with Crippen molar-refractivity contribution >= 4 is 37.7 Å². The minimum atomic E-state index is 0.312. The Bertz CT molecular complexity index is 768. The van der Waals surface area contributed by atoms with Crippen LogP contribution in [-0.2, 0) is 0 Å². The molecule has 0 aliphatic rings. The van der Waals surface area contributed by atoms with Gasteiger partial charge in [0, 0.05) is 20.1 Å². The molecule has 0 aliphatic carbocycles. The van der Waals surface area contributed by atoms with Crippen LogP contribution in [0.4, 0.5) is 5.88 Å². The molecule has 0 amide bonds. The van der Waals surface area contributed by atoms with E-state index < -0.39 is 0 Å². The van der Waals surface area contributed by atoms with Crippen LogP contribution >= 0.6 is 31.9 Å². The van der Waals surface area contributed by atoms with Crippen LogP contribution in [0.25, 0.3) is 22.4 Å². The Morgan fingerprint density at radius 3 is 2.55 bits per heavy atom. The van der Waals surface area contributed by atoms with Gasteiger partial charge in [-0.1, -0.05) is 67.3 Å². The summed E-state index contributed by atoms with van der Waals surface area (Å²) in [6, 6.07) is 15.7.